The van der Waals surface area contributed by atoms with Crippen LogP contribution in [-0.4, -0.2) is 15.5 Å². The number of nitrogens with zero attached hydrogens (tertiary/aromatic N) is 2. The van der Waals surface area contributed by atoms with Crippen molar-refractivity contribution in [3.63, 3.8) is 0 Å². The lowest BCUT2D eigenvalue weighted by molar-refractivity contribution is -0.121. The zero-order valence-electron chi connectivity index (χ0n) is 13.1. The Bertz CT molecular complexity index is 646. The molecule has 0 fully saturated rings. The van der Waals surface area contributed by atoms with Crippen LogP contribution in [0.2, 0.25) is 0 Å². The van der Waals surface area contributed by atoms with Gasteiger partial charge in [-0.1, -0.05) is 25.1 Å². The summed E-state index contributed by atoms with van der Waals surface area (Å²) in [7, 11) is 0. The lowest BCUT2D eigenvalue weighted by Gasteiger charge is -2.15. The van der Waals surface area contributed by atoms with E-state index in [1.807, 2.05) is 25.1 Å². The van der Waals surface area contributed by atoms with E-state index in [0.717, 1.165) is 30.8 Å². The summed E-state index contributed by atoms with van der Waals surface area (Å²) < 4.78 is 2.24. The molecule has 1 aromatic carbocycles. The summed E-state index contributed by atoms with van der Waals surface area (Å²) in [4.78, 5) is 16.6. The highest BCUT2D eigenvalue weighted by molar-refractivity contribution is 5.75. The number of hydrogen-bond acceptors (Lipinski definition) is 2. The van der Waals surface area contributed by atoms with Crippen LogP contribution >= 0.6 is 0 Å². The van der Waals surface area contributed by atoms with Gasteiger partial charge in [-0.3, -0.25) is 9.36 Å². The maximum atomic E-state index is 11.8. The van der Waals surface area contributed by atoms with Gasteiger partial charge >= 0.3 is 0 Å². The van der Waals surface area contributed by atoms with E-state index in [9.17, 15) is 4.79 Å². The van der Waals surface area contributed by atoms with Gasteiger partial charge in [0.05, 0.1) is 12.2 Å². The second kappa shape index (κ2) is 6.77. The van der Waals surface area contributed by atoms with Crippen molar-refractivity contribution in [2.24, 2.45) is 0 Å². The van der Waals surface area contributed by atoms with Crippen molar-refractivity contribution in [3.8, 4) is 5.69 Å². The smallest absolute Gasteiger partial charge is 0.220 e. The highest BCUT2D eigenvalue weighted by atomic mass is 16.1. The largest absolute Gasteiger partial charge is 0.349 e. The average molecular weight is 297 g/mol. The first-order valence-electron chi connectivity index (χ1n) is 8.21. The zero-order valence-corrected chi connectivity index (χ0v) is 13.1. The normalized spacial score (nSPS) is 13.7. The first kappa shape index (κ1) is 14.8. The lowest BCUT2D eigenvalue weighted by Crippen LogP contribution is -2.24. The van der Waals surface area contributed by atoms with Crippen molar-refractivity contribution in [1.82, 2.24) is 14.9 Å². The monoisotopic (exact) mass is 297 g/mol. The molecule has 1 aliphatic rings. The SMILES string of the molecule is CCCC(=O)NCc1nc2c(n1-c1ccccc1)CCCC2. The van der Waals surface area contributed by atoms with Gasteiger partial charge in [0.15, 0.2) is 0 Å². The topological polar surface area (TPSA) is 46.9 Å². The summed E-state index contributed by atoms with van der Waals surface area (Å²) in [6, 6.07) is 10.3. The number of benzene rings is 1. The summed E-state index contributed by atoms with van der Waals surface area (Å²) in [5.41, 5.74) is 3.66. The maximum absolute atomic E-state index is 11.8. The minimum atomic E-state index is 0.100. The van der Waals surface area contributed by atoms with Crippen molar-refractivity contribution in [3.05, 3.63) is 47.5 Å². The van der Waals surface area contributed by atoms with Gasteiger partial charge in [-0.15, -0.1) is 0 Å². The van der Waals surface area contributed by atoms with Crippen molar-refractivity contribution < 1.29 is 4.79 Å². The quantitative estimate of drug-likeness (QED) is 0.921. The summed E-state index contributed by atoms with van der Waals surface area (Å²) in [6.45, 7) is 2.52. The van der Waals surface area contributed by atoms with Crippen molar-refractivity contribution in [2.75, 3.05) is 0 Å². The predicted molar refractivity (Wildman–Crippen MR) is 87.0 cm³/mol. The Kier molecular flexibility index (Phi) is 4.56. The van der Waals surface area contributed by atoms with Crippen LogP contribution in [0, 0.1) is 0 Å². The van der Waals surface area contributed by atoms with Crippen LogP contribution in [0.15, 0.2) is 30.3 Å². The molecule has 0 unspecified atom stereocenters. The molecule has 1 N–H and O–H groups in total. The molecular formula is C18H23N3O. The summed E-state index contributed by atoms with van der Waals surface area (Å²) in [6.07, 6.45) is 5.99. The van der Waals surface area contributed by atoms with Gasteiger partial charge < -0.3 is 5.32 Å². The average Bonchev–Trinajstić information content (AvgIpc) is 2.92. The molecular weight excluding hydrogens is 274 g/mol. The molecule has 4 nitrogen and oxygen atoms in total. The predicted octanol–water partition coefficient (Wildman–Crippen LogP) is 3.17. The fraction of sp³-hybridized carbons (Fsp3) is 0.444. The molecule has 0 saturated carbocycles. The van der Waals surface area contributed by atoms with Crippen molar-refractivity contribution in [2.45, 2.75) is 52.0 Å². The second-order valence-corrected chi connectivity index (χ2v) is 5.83. The molecule has 0 bridgehead atoms. The Morgan fingerprint density at radius 1 is 1.23 bits per heavy atom. The molecule has 1 amide bonds. The molecule has 1 aromatic heterocycles. The van der Waals surface area contributed by atoms with Gasteiger partial charge in [-0.05, 0) is 44.2 Å². The van der Waals surface area contributed by atoms with Crippen LogP contribution in [0.5, 0.6) is 0 Å². The first-order valence-corrected chi connectivity index (χ1v) is 8.21. The third-order valence-electron chi connectivity index (χ3n) is 4.14. The van der Waals surface area contributed by atoms with Crippen LogP contribution in [0.4, 0.5) is 0 Å². The van der Waals surface area contributed by atoms with Crippen LogP contribution in [0.3, 0.4) is 0 Å². The summed E-state index contributed by atoms with van der Waals surface area (Å²) in [5, 5.41) is 3.00. The molecule has 1 aliphatic carbocycles. The zero-order chi connectivity index (χ0) is 15.4. The number of hydrogen-bond donors (Lipinski definition) is 1. The number of rotatable bonds is 5. The lowest BCUT2D eigenvalue weighted by atomic mass is 10.0. The fourth-order valence-corrected chi connectivity index (χ4v) is 3.09. The number of fused-ring (bicyclic) bond motifs is 1. The fourth-order valence-electron chi connectivity index (χ4n) is 3.09. The first-order chi connectivity index (χ1) is 10.8. The van der Waals surface area contributed by atoms with E-state index in [1.54, 1.807) is 0 Å². The Labute approximate surface area is 131 Å². The molecule has 3 rings (SSSR count). The number of aryl methyl sites for hydroxylation is 1. The van der Waals surface area contributed by atoms with Crippen LogP contribution in [0.25, 0.3) is 5.69 Å². The molecule has 0 spiro atoms. The molecule has 4 heteroatoms. The van der Waals surface area contributed by atoms with Crippen LogP contribution in [-0.2, 0) is 24.2 Å². The van der Waals surface area contributed by atoms with Gasteiger partial charge in [-0.2, -0.15) is 0 Å². The van der Waals surface area contributed by atoms with Crippen LogP contribution < -0.4 is 5.32 Å². The van der Waals surface area contributed by atoms with Gasteiger partial charge in [0.2, 0.25) is 5.91 Å². The summed E-state index contributed by atoms with van der Waals surface area (Å²) in [5.74, 6) is 1.05. The Balaban J connectivity index is 1.91. The summed E-state index contributed by atoms with van der Waals surface area (Å²) >= 11 is 0. The molecule has 22 heavy (non-hydrogen) atoms. The standard InChI is InChI=1S/C18H23N3O/c1-2-8-18(22)19-13-17-20-15-11-6-7-12-16(15)21(17)14-9-4-3-5-10-14/h3-5,9-10H,2,6-8,11-13H2,1H3,(H,19,22). The highest BCUT2D eigenvalue weighted by Gasteiger charge is 2.20. The molecule has 0 atom stereocenters. The number of carbonyl (C=O) groups excluding carboxylic acids is 1. The van der Waals surface area contributed by atoms with E-state index in [4.69, 9.17) is 4.98 Å². The number of nitrogens with one attached hydrogen (secondary N) is 1. The van der Waals surface area contributed by atoms with E-state index < -0.39 is 0 Å². The van der Waals surface area contributed by atoms with Gasteiger partial charge in [0, 0.05) is 17.8 Å². The Hall–Kier alpha value is -2.10. The van der Waals surface area contributed by atoms with Gasteiger partial charge in [-0.25, -0.2) is 4.98 Å². The number of carbonyl (C=O) groups is 1. The number of imidazole rings is 1. The molecule has 116 valence electrons. The van der Waals surface area contributed by atoms with Gasteiger partial charge in [0.25, 0.3) is 0 Å². The molecule has 2 aromatic rings. The third-order valence-corrected chi connectivity index (χ3v) is 4.14. The number of amides is 1. The number of aromatic nitrogens is 2. The van der Waals surface area contributed by atoms with Crippen molar-refractivity contribution in [1.29, 1.82) is 0 Å². The molecule has 0 radical (unpaired) electrons. The van der Waals surface area contributed by atoms with Gasteiger partial charge in [0.1, 0.15) is 5.82 Å². The molecule has 0 aliphatic heterocycles. The molecule has 1 heterocycles. The molecule has 0 saturated heterocycles. The van der Waals surface area contributed by atoms with E-state index in [0.29, 0.717) is 13.0 Å². The Morgan fingerprint density at radius 3 is 2.77 bits per heavy atom. The van der Waals surface area contributed by atoms with Crippen LogP contribution in [0.1, 0.15) is 49.8 Å². The number of para-hydroxylation sites is 1. The van der Waals surface area contributed by atoms with E-state index in [2.05, 4.69) is 22.0 Å². The minimum absolute atomic E-state index is 0.100. The third kappa shape index (κ3) is 3.06. The van der Waals surface area contributed by atoms with E-state index in [1.165, 1.54) is 24.2 Å². The van der Waals surface area contributed by atoms with E-state index in [-0.39, 0.29) is 5.91 Å². The van der Waals surface area contributed by atoms with E-state index >= 15 is 0 Å². The second-order valence-electron chi connectivity index (χ2n) is 5.83. The minimum Gasteiger partial charge on any atom is -0.349 e. The van der Waals surface area contributed by atoms with Crippen molar-refractivity contribution >= 4 is 5.91 Å². The highest BCUT2D eigenvalue weighted by Crippen LogP contribution is 2.25. The Morgan fingerprint density at radius 2 is 2.00 bits per heavy atom. The maximum Gasteiger partial charge on any atom is 0.220 e.